The van der Waals surface area contributed by atoms with Crippen LogP contribution in [-0.4, -0.2) is 5.91 Å². The van der Waals surface area contributed by atoms with Gasteiger partial charge in [-0.2, -0.15) is 0 Å². The largest absolute Gasteiger partial charge is 0.345 e. The Labute approximate surface area is 126 Å². The van der Waals surface area contributed by atoms with Gasteiger partial charge in [0.05, 0.1) is 6.04 Å². The lowest BCUT2D eigenvalue weighted by atomic mass is 9.87. The first-order chi connectivity index (χ1) is 10.1. The number of amides is 1. The van der Waals surface area contributed by atoms with Crippen molar-refractivity contribution in [2.45, 2.75) is 39.2 Å². The fourth-order valence-electron chi connectivity index (χ4n) is 3.25. The Balaban J connectivity index is 1.82. The van der Waals surface area contributed by atoms with Crippen LogP contribution in [0.1, 0.15) is 51.5 Å². The Morgan fingerprint density at radius 1 is 1.10 bits per heavy atom. The molecule has 2 heteroatoms. The summed E-state index contributed by atoms with van der Waals surface area (Å²) in [5.74, 6) is 0.0310. The Morgan fingerprint density at radius 3 is 2.57 bits per heavy atom. The number of carbonyl (C=O) groups is 1. The van der Waals surface area contributed by atoms with Gasteiger partial charge in [0.1, 0.15) is 0 Å². The van der Waals surface area contributed by atoms with Crippen molar-refractivity contribution in [1.29, 1.82) is 0 Å². The molecule has 0 aliphatic heterocycles. The van der Waals surface area contributed by atoms with Crippen LogP contribution in [0, 0.1) is 13.8 Å². The van der Waals surface area contributed by atoms with Crippen molar-refractivity contribution in [2.75, 3.05) is 0 Å². The minimum absolute atomic E-state index is 0.0310. The molecular weight excluding hydrogens is 258 g/mol. The van der Waals surface area contributed by atoms with Crippen molar-refractivity contribution in [2.24, 2.45) is 0 Å². The molecule has 2 aromatic carbocycles. The van der Waals surface area contributed by atoms with Crippen molar-refractivity contribution in [3.63, 3.8) is 0 Å². The summed E-state index contributed by atoms with van der Waals surface area (Å²) in [6.45, 7) is 4.05. The SMILES string of the molecule is Cc1cc(C)cc(C(=O)NC2CCCc3ccccc32)c1. The van der Waals surface area contributed by atoms with Gasteiger partial charge in [-0.3, -0.25) is 4.79 Å². The smallest absolute Gasteiger partial charge is 0.251 e. The molecule has 2 aromatic rings. The van der Waals surface area contributed by atoms with Crippen LogP contribution >= 0.6 is 0 Å². The standard InChI is InChI=1S/C19H21NO/c1-13-10-14(2)12-16(11-13)19(21)20-18-9-5-7-15-6-3-4-8-17(15)18/h3-4,6,8,10-12,18H,5,7,9H2,1-2H3,(H,20,21). The normalized spacial score (nSPS) is 17.1. The topological polar surface area (TPSA) is 29.1 Å². The molecular formula is C19H21NO. The quantitative estimate of drug-likeness (QED) is 0.880. The lowest BCUT2D eigenvalue weighted by Gasteiger charge is -2.26. The monoisotopic (exact) mass is 279 g/mol. The van der Waals surface area contributed by atoms with E-state index in [1.807, 2.05) is 26.0 Å². The average molecular weight is 279 g/mol. The van der Waals surface area contributed by atoms with Gasteiger partial charge in [0.25, 0.3) is 5.91 Å². The van der Waals surface area contributed by atoms with E-state index in [1.54, 1.807) is 0 Å². The zero-order valence-electron chi connectivity index (χ0n) is 12.6. The summed E-state index contributed by atoms with van der Waals surface area (Å²) in [4.78, 5) is 12.5. The predicted octanol–water partition coefficient (Wildman–Crippen LogP) is 4.11. The van der Waals surface area contributed by atoms with Gasteiger partial charge in [-0.1, -0.05) is 41.5 Å². The van der Waals surface area contributed by atoms with E-state index in [4.69, 9.17) is 0 Å². The second-order valence-electron chi connectivity index (χ2n) is 5.99. The highest BCUT2D eigenvalue weighted by atomic mass is 16.1. The van der Waals surface area contributed by atoms with Gasteiger partial charge < -0.3 is 5.32 Å². The van der Waals surface area contributed by atoms with Gasteiger partial charge in [-0.25, -0.2) is 0 Å². The number of hydrogen-bond acceptors (Lipinski definition) is 1. The summed E-state index contributed by atoms with van der Waals surface area (Å²) in [5.41, 5.74) is 5.67. The van der Waals surface area contributed by atoms with Crippen molar-refractivity contribution in [3.8, 4) is 0 Å². The van der Waals surface area contributed by atoms with E-state index in [1.165, 1.54) is 11.1 Å². The summed E-state index contributed by atoms with van der Waals surface area (Å²) in [6.07, 6.45) is 3.27. The molecule has 0 spiro atoms. The number of fused-ring (bicyclic) bond motifs is 1. The maximum atomic E-state index is 12.5. The number of rotatable bonds is 2. The number of carbonyl (C=O) groups excluding carboxylic acids is 1. The molecule has 0 aromatic heterocycles. The Morgan fingerprint density at radius 2 is 1.81 bits per heavy atom. The van der Waals surface area contributed by atoms with E-state index in [0.29, 0.717) is 0 Å². The molecule has 0 radical (unpaired) electrons. The van der Waals surface area contributed by atoms with E-state index in [9.17, 15) is 4.79 Å². The van der Waals surface area contributed by atoms with Crippen LogP contribution in [0.3, 0.4) is 0 Å². The minimum atomic E-state index is 0.0310. The number of nitrogens with one attached hydrogen (secondary N) is 1. The summed E-state index contributed by atoms with van der Waals surface area (Å²) < 4.78 is 0. The number of hydrogen-bond donors (Lipinski definition) is 1. The Hall–Kier alpha value is -2.09. The molecule has 0 saturated heterocycles. The molecule has 1 aliphatic carbocycles. The van der Waals surface area contributed by atoms with Crippen molar-refractivity contribution < 1.29 is 4.79 Å². The van der Waals surface area contributed by atoms with Crippen LogP contribution in [-0.2, 0) is 6.42 Å². The molecule has 1 atom stereocenters. The highest BCUT2D eigenvalue weighted by Gasteiger charge is 2.21. The first-order valence-corrected chi connectivity index (χ1v) is 7.60. The summed E-state index contributed by atoms with van der Waals surface area (Å²) in [6, 6.07) is 14.6. The second-order valence-corrected chi connectivity index (χ2v) is 5.99. The highest BCUT2D eigenvalue weighted by molar-refractivity contribution is 5.94. The van der Waals surface area contributed by atoms with Gasteiger partial charge in [-0.15, -0.1) is 0 Å². The Bertz CT molecular complexity index is 655. The van der Waals surface area contributed by atoms with Gasteiger partial charge in [-0.05, 0) is 56.4 Å². The third kappa shape index (κ3) is 2.99. The average Bonchev–Trinajstić information content (AvgIpc) is 2.46. The van der Waals surface area contributed by atoms with Gasteiger partial charge in [0.15, 0.2) is 0 Å². The molecule has 1 aliphatic rings. The fourth-order valence-corrected chi connectivity index (χ4v) is 3.25. The van der Waals surface area contributed by atoms with Crippen molar-refractivity contribution in [3.05, 3.63) is 70.3 Å². The van der Waals surface area contributed by atoms with Crippen LogP contribution in [0.2, 0.25) is 0 Å². The van der Waals surface area contributed by atoms with Crippen molar-refractivity contribution in [1.82, 2.24) is 5.32 Å². The first-order valence-electron chi connectivity index (χ1n) is 7.60. The molecule has 1 N–H and O–H groups in total. The lowest BCUT2D eigenvalue weighted by molar-refractivity contribution is 0.0932. The molecule has 21 heavy (non-hydrogen) atoms. The maximum Gasteiger partial charge on any atom is 0.251 e. The number of aryl methyl sites for hydroxylation is 3. The molecule has 0 saturated carbocycles. The third-order valence-electron chi connectivity index (χ3n) is 4.16. The van der Waals surface area contributed by atoms with E-state index in [2.05, 4.69) is 35.6 Å². The summed E-state index contributed by atoms with van der Waals surface area (Å²) in [5, 5.41) is 3.21. The van der Waals surface area contributed by atoms with Crippen LogP contribution < -0.4 is 5.32 Å². The number of benzene rings is 2. The van der Waals surface area contributed by atoms with Gasteiger partial charge in [0, 0.05) is 5.56 Å². The maximum absolute atomic E-state index is 12.5. The molecule has 2 nitrogen and oxygen atoms in total. The molecule has 0 fully saturated rings. The third-order valence-corrected chi connectivity index (χ3v) is 4.16. The molecule has 1 unspecified atom stereocenters. The van der Waals surface area contributed by atoms with Crippen molar-refractivity contribution >= 4 is 5.91 Å². The molecule has 3 rings (SSSR count). The highest BCUT2D eigenvalue weighted by Crippen LogP contribution is 2.29. The van der Waals surface area contributed by atoms with Crippen LogP contribution in [0.4, 0.5) is 0 Å². The first kappa shape index (κ1) is 13.9. The fraction of sp³-hybridized carbons (Fsp3) is 0.316. The van der Waals surface area contributed by atoms with E-state index in [0.717, 1.165) is 36.0 Å². The predicted molar refractivity (Wildman–Crippen MR) is 85.5 cm³/mol. The lowest BCUT2D eigenvalue weighted by Crippen LogP contribution is -2.31. The summed E-state index contributed by atoms with van der Waals surface area (Å²) in [7, 11) is 0. The molecule has 108 valence electrons. The molecule has 1 amide bonds. The second kappa shape index (κ2) is 5.72. The zero-order chi connectivity index (χ0) is 14.8. The van der Waals surface area contributed by atoms with Gasteiger partial charge >= 0.3 is 0 Å². The van der Waals surface area contributed by atoms with Crippen LogP contribution in [0.5, 0.6) is 0 Å². The van der Waals surface area contributed by atoms with Crippen LogP contribution in [0.15, 0.2) is 42.5 Å². The zero-order valence-corrected chi connectivity index (χ0v) is 12.6. The molecule has 0 heterocycles. The minimum Gasteiger partial charge on any atom is -0.345 e. The molecule has 0 bridgehead atoms. The van der Waals surface area contributed by atoms with E-state index in [-0.39, 0.29) is 11.9 Å². The van der Waals surface area contributed by atoms with E-state index < -0.39 is 0 Å². The summed E-state index contributed by atoms with van der Waals surface area (Å²) >= 11 is 0. The van der Waals surface area contributed by atoms with Gasteiger partial charge in [0.2, 0.25) is 0 Å². The van der Waals surface area contributed by atoms with E-state index >= 15 is 0 Å². The Kier molecular flexibility index (Phi) is 3.78. The van der Waals surface area contributed by atoms with Crippen LogP contribution in [0.25, 0.3) is 0 Å².